The van der Waals surface area contributed by atoms with Gasteiger partial charge in [0.2, 0.25) is 0 Å². The summed E-state index contributed by atoms with van der Waals surface area (Å²) in [6.45, 7) is 15.7. The van der Waals surface area contributed by atoms with E-state index in [1.807, 2.05) is 34.6 Å². The van der Waals surface area contributed by atoms with Crippen LogP contribution in [0.1, 0.15) is 54.4 Å². The summed E-state index contributed by atoms with van der Waals surface area (Å²) in [5.41, 5.74) is 0. The van der Waals surface area contributed by atoms with Gasteiger partial charge in [-0.25, -0.2) is 0 Å². The van der Waals surface area contributed by atoms with Crippen LogP contribution in [0.25, 0.3) is 0 Å². The largest absolute Gasteiger partial charge is 0.292 e. The van der Waals surface area contributed by atoms with E-state index in [1.165, 1.54) is 25.9 Å². The van der Waals surface area contributed by atoms with E-state index < -0.39 is 0 Å². The lowest BCUT2D eigenvalue weighted by molar-refractivity contribution is 0.213. The summed E-state index contributed by atoms with van der Waals surface area (Å²) in [5, 5.41) is 0. The number of rotatable bonds is 1. The number of likely N-dealkylation sites (tertiary alicyclic amines) is 1. The molecule has 0 aromatic rings. The monoisotopic (exact) mass is 211 g/mol. The first kappa shape index (κ1) is 16.9. The van der Waals surface area contributed by atoms with E-state index in [4.69, 9.17) is 0 Å². The van der Waals surface area contributed by atoms with Crippen LogP contribution < -0.4 is 0 Å². The SMILES string of the molecule is CC.CC.CC#CCN1CCC(C)CC1. The first-order chi connectivity index (χ1) is 7.33. The number of hydrogen-bond acceptors (Lipinski definition) is 1. The third-order valence-electron chi connectivity index (χ3n) is 2.36. The van der Waals surface area contributed by atoms with Gasteiger partial charge in [0.25, 0.3) is 0 Å². The molecule has 0 bridgehead atoms. The van der Waals surface area contributed by atoms with E-state index >= 15 is 0 Å². The molecular formula is C14H29N. The summed E-state index contributed by atoms with van der Waals surface area (Å²) in [4.78, 5) is 2.44. The minimum atomic E-state index is 0.931. The molecule has 1 aliphatic heterocycles. The Labute approximate surface area is 97.2 Å². The Bertz CT molecular complexity index is 156. The van der Waals surface area contributed by atoms with Crippen molar-refractivity contribution in [3.8, 4) is 11.8 Å². The summed E-state index contributed by atoms with van der Waals surface area (Å²) in [6.07, 6.45) is 2.71. The Morgan fingerprint density at radius 1 is 1.07 bits per heavy atom. The zero-order valence-electron chi connectivity index (χ0n) is 11.6. The maximum absolute atomic E-state index is 3.11. The Morgan fingerprint density at radius 3 is 1.93 bits per heavy atom. The summed E-state index contributed by atoms with van der Waals surface area (Å²) < 4.78 is 0. The van der Waals surface area contributed by atoms with E-state index in [0.717, 1.165) is 12.5 Å². The molecule has 90 valence electrons. The molecule has 1 aliphatic rings. The molecule has 0 aliphatic carbocycles. The lowest BCUT2D eigenvalue weighted by atomic mass is 9.99. The second-order valence-electron chi connectivity index (χ2n) is 3.39. The Hall–Kier alpha value is -0.480. The van der Waals surface area contributed by atoms with E-state index in [0.29, 0.717) is 0 Å². The highest BCUT2D eigenvalue weighted by atomic mass is 15.1. The highest BCUT2D eigenvalue weighted by Gasteiger charge is 2.13. The van der Waals surface area contributed by atoms with Gasteiger partial charge in [0.05, 0.1) is 6.54 Å². The summed E-state index contributed by atoms with van der Waals surface area (Å²) in [5.74, 6) is 6.97. The van der Waals surface area contributed by atoms with E-state index in [9.17, 15) is 0 Å². The Balaban J connectivity index is 0. The quantitative estimate of drug-likeness (QED) is 0.596. The fourth-order valence-electron chi connectivity index (χ4n) is 1.41. The molecule has 1 heterocycles. The van der Waals surface area contributed by atoms with Crippen molar-refractivity contribution in [1.82, 2.24) is 4.90 Å². The van der Waals surface area contributed by atoms with Gasteiger partial charge >= 0.3 is 0 Å². The van der Waals surface area contributed by atoms with Crippen molar-refractivity contribution >= 4 is 0 Å². The summed E-state index contributed by atoms with van der Waals surface area (Å²) in [7, 11) is 0. The molecule has 0 atom stereocenters. The van der Waals surface area contributed by atoms with E-state index in [2.05, 4.69) is 23.7 Å². The third kappa shape index (κ3) is 9.82. The van der Waals surface area contributed by atoms with Crippen LogP contribution in [0.5, 0.6) is 0 Å². The van der Waals surface area contributed by atoms with Gasteiger partial charge in [0, 0.05) is 0 Å². The van der Waals surface area contributed by atoms with Gasteiger partial charge in [-0.15, -0.1) is 5.92 Å². The van der Waals surface area contributed by atoms with Crippen LogP contribution in [0, 0.1) is 17.8 Å². The van der Waals surface area contributed by atoms with Crippen LogP contribution in [0.2, 0.25) is 0 Å². The van der Waals surface area contributed by atoms with Crippen LogP contribution in [-0.2, 0) is 0 Å². The molecule has 0 saturated carbocycles. The second kappa shape index (κ2) is 13.5. The topological polar surface area (TPSA) is 3.24 Å². The third-order valence-corrected chi connectivity index (χ3v) is 2.36. The average Bonchev–Trinajstić information content (AvgIpc) is 2.34. The van der Waals surface area contributed by atoms with Crippen molar-refractivity contribution in [3.63, 3.8) is 0 Å². The predicted molar refractivity (Wildman–Crippen MR) is 71.0 cm³/mol. The van der Waals surface area contributed by atoms with Gasteiger partial charge < -0.3 is 0 Å². The normalized spacial score (nSPS) is 16.1. The predicted octanol–water partition coefficient (Wildman–Crippen LogP) is 3.79. The van der Waals surface area contributed by atoms with Gasteiger partial charge in [-0.3, -0.25) is 4.90 Å². The first-order valence-corrected chi connectivity index (χ1v) is 6.45. The maximum Gasteiger partial charge on any atom is 0.0601 e. The van der Waals surface area contributed by atoms with Gasteiger partial charge in [0.15, 0.2) is 0 Å². The molecule has 0 N–H and O–H groups in total. The fourth-order valence-corrected chi connectivity index (χ4v) is 1.41. The molecule has 0 amide bonds. The van der Waals surface area contributed by atoms with Gasteiger partial charge in [-0.05, 0) is 38.8 Å². The first-order valence-electron chi connectivity index (χ1n) is 6.45. The number of hydrogen-bond donors (Lipinski definition) is 0. The molecule has 1 rings (SSSR count). The number of nitrogens with zero attached hydrogens (tertiary/aromatic N) is 1. The van der Waals surface area contributed by atoms with Crippen molar-refractivity contribution in [1.29, 1.82) is 0 Å². The smallest absolute Gasteiger partial charge is 0.0601 e. The molecule has 1 fully saturated rings. The van der Waals surface area contributed by atoms with Crippen molar-refractivity contribution in [2.24, 2.45) is 5.92 Å². The summed E-state index contributed by atoms with van der Waals surface area (Å²) >= 11 is 0. The summed E-state index contributed by atoms with van der Waals surface area (Å²) in [6, 6.07) is 0. The lowest BCUT2D eigenvalue weighted by Crippen LogP contribution is -2.33. The minimum Gasteiger partial charge on any atom is -0.292 e. The van der Waals surface area contributed by atoms with E-state index in [-0.39, 0.29) is 0 Å². The van der Waals surface area contributed by atoms with Crippen LogP contribution in [-0.4, -0.2) is 24.5 Å². The second-order valence-corrected chi connectivity index (χ2v) is 3.39. The molecule has 1 nitrogen and oxygen atoms in total. The molecule has 15 heavy (non-hydrogen) atoms. The Kier molecular flexibility index (Phi) is 15.3. The van der Waals surface area contributed by atoms with Crippen LogP contribution in [0.3, 0.4) is 0 Å². The number of piperidine rings is 1. The zero-order chi connectivity index (χ0) is 12.1. The average molecular weight is 211 g/mol. The van der Waals surface area contributed by atoms with Crippen molar-refractivity contribution in [2.75, 3.05) is 19.6 Å². The zero-order valence-corrected chi connectivity index (χ0v) is 11.6. The maximum atomic E-state index is 3.11. The van der Waals surface area contributed by atoms with E-state index in [1.54, 1.807) is 0 Å². The van der Waals surface area contributed by atoms with Crippen LogP contribution in [0.15, 0.2) is 0 Å². The van der Waals surface area contributed by atoms with Crippen molar-refractivity contribution in [2.45, 2.75) is 54.4 Å². The minimum absolute atomic E-state index is 0.931. The molecule has 1 heteroatoms. The molecule has 0 aromatic heterocycles. The Morgan fingerprint density at radius 2 is 1.53 bits per heavy atom. The van der Waals surface area contributed by atoms with Gasteiger partial charge in [-0.2, -0.15) is 0 Å². The van der Waals surface area contributed by atoms with Crippen LogP contribution in [0.4, 0.5) is 0 Å². The molecular weight excluding hydrogens is 182 g/mol. The standard InChI is InChI=1S/C10H17N.2C2H6/c1-3-4-7-11-8-5-10(2)6-9-11;2*1-2/h10H,5-9H2,1-2H3;2*1-2H3. The molecule has 0 unspecified atom stereocenters. The fraction of sp³-hybridized carbons (Fsp3) is 0.857. The molecule has 0 spiro atoms. The lowest BCUT2D eigenvalue weighted by Gasteiger charge is -2.28. The molecule has 0 radical (unpaired) electrons. The van der Waals surface area contributed by atoms with Crippen LogP contribution >= 0.6 is 0 Å². The van der Waals surface area contributed by atoms with Crippen molar-refractivity contribution < 1.29 is 0 Å². The molecule has 0 aromatic carbocycles. The highest BCUT2D eigenvalue weighted by Crippen LogP contribution is 2.14. The molecule has 1 saturated heterocycles. The van der Waals surface area contributed by atoms with Crippen molar-refractivity contribution in [3.05, 3.63) is 0 Å². The highest BCUT2D eigenvalue weighted by molar-refractivity contribution is 4.98. The van der Waals surface area contributed by atoms with Gasteiger partial charge in [-0.1, -0.05) is 40.5 Å². The van der Waals surface area contributed by atoms with Gasteiger partial charge in [0.1, 0.15) is 0 Å².